The van der Waals surface area contributed by atoms with Crippen LogP contribution in [0.15, 0.2) is 72.8 Å². The van der Waals surface area contributed by atoms with Crippen molar-refractivity contribution in [1.29, 1.82) is 0 Å². The maximum atomic E-state index is 13.7. The Hall–Kier alpha value is -2.89. The second-order valence-electron chi connectivity index (χ2n) is 8.88. The zero-order valence-electron chi connectivity index (χ0n) is 19.5. The van der Waals surface area contributed by atoms with Crippen molar-refractivity contribution in [1.82, 2.24) is 0 Å². The lowest BCUT2D eigenvalue weighted by Crippen LogP contribution is -2.51. The monoisotopic (exact) mass is 449 g/mol. The van der Waals surface area contributed by atoms with Gasteiger partial charge >= 0.3 is 0 Å². The molecule has 0 bridgehead atoms. The van der Waals surface area contributed by atoms with Gasteiger partial charge in [-0.1, -0.05) is 42.5 Å². The normalized spacial score (nSPS) is 18.9. The van der Waals surface area contributed by atoms with Crippen LogP contribution in [0.3, 0.4) is 0 Å². The molecule has 174 valence electrons. The van der Waals surface area contributed by atoms with Gasteiger partial charge in [0.2, 0.25) is 0 Å². The number of hydrogen-bond donors (Lipinski definition) is 1. The van der Waals surface area contributed by atoms with Crippen molar-refractivity contribution in [3.63, 3.8) is 0 Å². The summed E-state index contributed by atoms with van der Waals surface area (Å²) in [6, 6.07) is 22.9. The van der Waals surface area contributed by atoms with Gasteiger partial charge in [0.1, 0.15) is 29.4 Å². The van der Waals surface area contributed by atoms with Crippen molar-refractivity contribution in [2.75, 3.05) is 18.5 Å². The molecular formula is C28H32FNO3. The van der Waals surface area contributed by atoms with E-state index in [1.807, 2.05) is 50.2 Å². The van der Waals surface area contributed by atoms with E-state index in [0.717, 1.165) is 35.5 Å². The minimum atomic E-state index is -0.628. The maximum absolute atomic E-state index is 13.7. The Morgan fingerprint density at radius 1 is 0.939 bits per heavy atom. The zero-order valence-corrected chi connectivity index (χ0v) is 19.5. The Labute approximate surface area is 195 Å². The third-order valence-corrected chi connectivity index (χ3v) is 5.88. The maximum Gasteiger partial charge on any atom is 0.132 e. The van der Waals surface area contributed by atoms with Gasteiger partial charge in [0, 0.05) is 17.8 Å². The van der Waals surface area contributed by atoms with Crippen LogP contribution in [-0.2, 0) is 22.5 Å². The van der Waals surface area contributed by atoms with Crippen molar-refractivity contribution >= 4 is 5.69 Å². The van der Waals surface area contributed by atoms with Crippen LogP contribution in [0.1, 0.15) is 43.6 Å². The summed E-state index contributed by atoms with van der Waals surface area (Å²) >= 11 is 0. The summed E-state index contributed by atoms with van der Waals surface area (Å²) < 4.78 is 32.9. The molecule has 1 aliphatic rings. The van der Waals surface area contributed by atoms with Gasteiger partial charge in [-0.25, -0.2) is 4.39 Å². The van der Waals surface area contributed by atoms with E-state index in [9.17, 15) is 4.39 Å². The van der Waals surface area contributed by atoms with Crippen LogP contribution in [-0.4, -0.2) is 24.9 Å². The molecule has 0 fully saturated rings. The predicted octanol–water partition coefficient (Wildman–Crippen LogP) is 6.31. The number of nitrogens with one attached hydrogen (secondary N) is 1. The van der Waals surface area contributed by atoms with Gasteiger partial charge in [-0.3, -0.25) is 0 Å². The highest BCUT2D eigenvalue weighted by atomic mass is 19.1. The topological polar surface area (TPSA) is 39.7 Å². The number of hydrogen-bond acceptors (Lipinski definition) is 4. The summed E-state index contributed by atoms with van der Waals surface area (Å²) in [6.45, 7) is 7.74. The fraction of sp³-hybridized carbons (Fsp3) is 0.357. The molecule has 0 aromatic heterocycles. The number of benzene rings is 3. The Kier molecular flexibility index (Phi) is 7.31. The molecule has 2 unspecified atom stereocenters. The van der Waals surface area contributed by atoms with Gasteiger partial charge < -0.3 is 19.5 Å². The molecule has 3 aromatic rings. The fourth-order valence-electron chi connectivity index (χ4n) is 4.27. The first-order chi connectivity index (χ1) is 16.0. The average Bonchev–Trinajstić information content (AvgIpc) is 2.79. The van der Waals surface area contributed by atoms with E-state index in [4.69, 9.17) is 14.2 Å². The smallest absolute Gasteiger partial charge is 0.132 e. The molecule has 0 aliphatic carbocycles. The van der Waals surface area contributed by atoms with Crippen molar-refractivity contribution in [3.8, 4) is 5.75 Å². The van der Waals surface area contributed by atoms with Crippen molar-refractivity contribution in [2.24, 2.45) is 0 Å². The van der Waals surface area contributed by atoms with E-state index in [2.05, 4.69) is 30.4 Å². The van der Waals surface area contributed by atoms with Gasteiger partial charge in [-0.2, -0.15) is 0 Å². The molecular weight excluding hydrogens is 417 g/mol. The lowest BCUT2D eigenvalue weighted by molar-refractivity contribution is -0.167. The van der Waals surface area contributed by atoms with Crippen LogP contribution < -0.4 is 10.1 Å². The number of halogens is 1. The first-order valence-electron chi connectivity index (χ1n) is 11.5. The molecule has 4 nitrogen and oxygen atoms in total. The van der Waals surface area contributed by atoms with E-state index >= 15 is 0 Å². The summed E-state index contributed by atoms with van der Waals surface area (Å²) in [5.74, 6) is 0.531. The van der Waals surface area contributed by atoms with Crippen molar-refractivity contribution in [2.45, 2.75) is 51.6 Å². The second kappa shape index (κ2) is 10.4. The zero-order chi connectivity index (χ0) is 23.3. The van der Waals surface area contributed by atoms with Crippen LogP contribution in [0.2, 0.25) is 0 Å². The third kappa shape index (κ3) is 5.73. The largest absolute Gasteiger partial charge is 0.485 e. The lowest BCUT2D eigenvalue weighted by Gasteiger charge is -2.44. The summed E-state index contributed by atoms with van der Waals surface area (Å²) in [7, 11) is 0. The summed E-state index contributed by atoms with van der Waals surface area (Å²) in [5.41, 5.74) is 3.35. The molecule has 3 aromatic carbocycles. The Balaban J connectivity index is 1.59. The molecule has 1 heterocycles. The van der Waals surface area contributed by atoms with E-state index in [0.29, 0.717) is 6.61 Å². The highest BCUT2D eigenvalue weighted by molar-refractivity contribution is 5.53. The molecule has 4 rings (SSSR count). The molecule has 0 saturated heterocycles. The second-order valence-corrected chi connectivity index (χ2v) is 8.88. The summed E-state index contributed by atoms with van der Waals surface area (Å²) in [4.78, 5) is 0. The van der Waals surface area contributed by atoms with E-state index in [1.165, 1.54) is 17.7 Å². The van der Waals surface area contributed by atoms with Gasteiger partial charge in [0.05, 0.1) is 13.2 Å². The molecule has 0 amide bonds. The standard InChI is InChI=1S/C28H32FNO3/c1-4-30-23-13-14-25-24(18-23)26(31-16-15-20-9-6-5-7-10-20)27(28(2,3)33-25)32-19-21-11-8-12-22(29)17-21/h5-14,17-18,26-27,30H,4,15-16,19H2,1-3H3. The van der Waals surface area contributed by atoms with Crippen LogP contribution in [0.25, 0.3) is 0 Å². The molecule has 0 saturated carbocycles. The Morgan fingerprint density at radius 2 is 1.73 bits per heavy atom. The number of anilines is 1. The molecule has 2 atom stereocenters. The minimum absolute atomic E-state index is 0.272. The molecule has 5 heteroatoms. The molecule has 0 spiro atoms. The minimum Gasteiger partial charge on any atom is -0.485 e. The van der Waals surface area contributed by atoms with Gasteiger partial charge in [0.25, 0.3) is 0 Å². The van der Waals surface area contributed by atoms with E-state index < -0.39 is 5.60 Å². The SMILES string of the molecule is CCNc1ccc2c(c1)C(OCCc1ccccc1)C(OCc1cccc(F)c1)C(C)(C)O2. The van der Waals surface area contributed by atoms with Gasteiger partial charge in [0.15, 0.2) is 0 Å². The Bertz CT molecular complexity index is 1050. The van der Waals surface area contributed by atoms with E-state index in [-0.39, 0.29) is 24.6 Å². The highest BCUT2D eigenvalue weighted by Crippen LogP contribution is 2.44. The molecule has 33 heavy (non-hydrogen) atoms. The van der Waals surface area contributed by atoms with Crippen LogP contribution in [0.5, 0.6) is 5.75 Å². The first kappa shape index (κ1) is 23.3. The number of ether oxygens (including phenoxy) is 3. The van der Waals surface area contributed by atoms with Gasteiger partial charge in [-0.05, 0) is 68.7 Å². The summed E-state index contributed by atoms with van der Waals surface area (Å²) in [6.07, 6.45) is 0.109. The number of rotatable bonds is 9. The van der Waals surface area contributed by atoms with Crippen LogP contribution in [0, 0.1) is 5.82 Å². The highest BCUT2D eigenvalue weighted by Gasteiger charge is 2.45. The molecule has 0 radical (unpaired) electrons. The molecule has 1 N–H and O–H groups in total. The van der Waals surface area contributed by atoms with Crippen LogP contribution in [0.4, 0.5) is 10.1 Å². The number of fused-ring (bicyclic) bond motifs is 1. The average molecular weight is 450 g/mol. The predicted molar refractivity (Wildman–Crippen MR) is 129 cm³/mol. The Morgan fingerprint density at radius 3 is 2.48 bits per heavy atom. The third-order valence-electron chi connectivity index (χ3n) is 5.88. The summed E-state index contributed by atoms with van der Waals surface area (Å²) in [5, 5.41) is 3.37. The van der Waals surface area contributed by atoms with Crippen molar-refractivity contribution < 1.29 is 18.6 Å². The van der Waals surface area contributed by atoms with Gasteiger partial charge in [-0.15, -0.1) is 0 Å². The first-order valence-corrected chi connectivity index (χ1v) is 11.5. The fourth-order valence-corrected chi connectivity index (χ4v) is 4.27. The quantitative estimate of drug-likeness (QED) is 0.415. The van der Waals surface area contributed by atoms with Crippen LogP contribution >= 0.6 is 0 Å². The van der Waals surface area contributed by atoms with Crippen molar-refractivity contribution in [3.05, 3.63) is 95.3 Å². The lowest BCUT2D eigenvalue weighted by atomic mass is 9.87. The van der Waals surface area contributed by atoms with E-state index in [1.54, 1.807) is 6.07 Å². The molecule has 1 aliphatic heterocycles.